The van der Waals surface area contributed by atoms with Crippen molar-refractivity contribution in [1.29, 1.82) is 0 Å². The fourth-order valence-corrected chi connectivity index (χ4v) is 2.45. The smallest absolute Gasteiger partial charge is 0.339 e. The minimum atomic E-state index is -0.365. The molecule has 0 spiro atoms. The molecule has 0 saturated heterocycles. The average Bonchev–Trinajstić information content (AvgIpc) is 2.84. The van der Waals surface area contributed by atoms with Crippen LogP contribution in [0.2, 0.25) is 0 Å². The van der Waals surface area contributed by atoms with Gasteiger partial charge in [-0.2, -0.15) is 0 Å². The van der Waals surface area contributed by atoms with Crippen LogP contribution in [0.4, 0.5) is 0 Å². The van der Waals surface area contributed by atoms with Gasteiger partial charge in [0.05, 0.1) is 29.1 Å². The number of carbonyl (C=O) groups excluding carboxylic acids is 1. The Bertz CT molecular complexity index is 580. The molecule has 106 valence electrons. The van der Waals surface area contributed by atoms with E-state index in [0.29, 0.717) is 12.1 Å². The fraction of sp³-hybridized carbons (Fsp3) is 0.357. The monoisotopic (exact) mass is 291 g/mol. The maximum Gasteiger partial charge on any atom is 0.339 e. The predicted molar refractivity (Wildman–Crippen MR) is 77.6 cm³/mol. The van der Waals surface area contributed by atoms with Crippen LogP contribution in [0.25, 0.3) is 0 Å². The molecule has 0 bridgehead atoms. The average molecular weight is 291 g/mol. The maximum absolute atomic E-state index is 11.3. The lowest BCUT2D eigenvalue weighted by molar-refractivity contribution is 0.0600. The van der Waals surface area contributed by atoms with Crippen molar-refractivity contribution in [2.45, 2.75) is 20.0 Å². The van der Waals surface area contributed by atoms with Crippen molar-refractivity contribution < 1.29 is 9.53 Å². The number of ether oxygens (including phenoxy) is 1. The van der Waals surface area contributed by atoms with E-state index in [1.54, 1.807) is 23.6 Å². The van der Waals surface area contributed by atoms with Gasteiger partial charge in [-0.3, -0.25) is 9.88 Å². The highest BCUT2D eigenvalue weighted by molar-refractivity contribution is 7.09. The van der Waals surface area contributed by atoms with Crippen LogP contribution in [0.5, 0.6) is 0 Å². The van der Waals surface area contributed by atoms with Gasteiger partial charge in [-0.05, 0) is 26.1 Å². The Morgan fingerprint density at radius 2 is 2.10 bits per heavy atom. The first-order valence-electron chi connectivity index (χ1n) is 6.21. The van der Waals surface area contributed by atoms with E-state index < -0.39 is 0 Å². The Kier molecular flexibility index (Phi) is 4.81. The van der Waals surface area contributed by atoms with Crippen LogP contribution in [-0.4, -0.2) is 35.0 Å². The summed E-state index contributed by atoms with van der Waals surface area (Å²) in [7, 11) is 3.38. The first-order valence-corrected chi connectivity index (χ1v) is 7.09. The Morgan fingerprint density at radius 3 is 2.65 bits per heavy atom. The zero-order chi connectivity index (χ0) is 14.5. The number of hydrogen-bond acceptors (Lipinski definition) is 6. The van der Waals surface area contributed by atoms with Crippen molar-refractivity contribution in [3.05, 3.63) is 45.7 Å². The van der Waals surface area contributed by atoms with Gasteiger partial charge in [-0.1, -0.05) is 0 Å². The summed E-state index contributed by atoms with van der Waals surface area (Å²) in [5.41, 5.74) is 2.45. The fourth-order valence-electron chi connectivity index (χ4n) is 1.85. The van der Waals surface area contributed by atoms with Crippen molar-refractivity contribution in [1.82, 2.24) is 14.9 Å². The molecular formula is C14H17N3O2S. The minimum absolute atomic E-state index is 0.365. The molecule has 2 rings (SSSR count). The predicted octanol–water partition coefficient (Wildman–Crippen LogP) is 2.27. The molecular weight excluding hydrogens is 274 g/mol. The third-order valence-electron chi connectivity index (χ3n) is 2.78. The lowest BCUT2D eigenvalue weighted by Gasteiger charge is -2.14. The highest BCUT2D eigenvalue weighted by atomic mass is 32.1. The number of carbonyl (C=O) groups is 1. The number of thiazole rings is 1. The van der Waals surface area contributed by atoms with E-state index in [1.165, 1.54) is 7.11 Å². The summed E-state index contributed by atoms with van der Waals surface area (Å²) < 4.78 is 4.64. The normalized spacial score (nSPS) is 10.8. The summed E-state index contributed by atoms with van der Waals surface area (Å²) in [6, 6.07) is 3.57. The topological polar surface area (TPSA) is 55.3 Å². The Hall–Kier alpha value is -1.79. The molecule has 0 radical (unpaired) electrons. The van der Waals surface area contributed by atoms with E-state index >= 15 is 0 Å². The number of pyridine rings is 1. The van der Waals surface area contributed by atoms with Crippen molar-refractivity contribution in [2.24, 2.45) is 0 Å². The van der Waals surface area contributed by atoms with Gasteiger partial charge >= 0.3 is 5.97 Å². The number of esters is 1. The van der Waals surface area contributed by atoms with Crippen LogP contribution in [0, 0.1) is 6.92 Å². The Balaban J connectivity index is 1.94. The van der Waals surface area contributed by atoms with Crippen LogP contribution in [0.15, 0.2) is 23.7 Å². The number of hydrogen-bond donors (Lipinski definition) is 0. The number of rotatable bonds is 5. The zero-order valence-electron chi connectivity index (χ0n) is 11.8. The van der Waals surface area contributed by atoms with Gasteiger partial charge in [0.2, 0.25) is 0 Å². The van der Waals surface area contributed by atoms with Gasteiger partial charge in [0.15, 0.2) is 0 Å². The maximum atomic E-state index is 11.3. The first-order chi connectivity index (χ1) is 9.58. The van der Waals surface area contributed by atoms with E-state index in [1.807, 2.05) is 20.0 Å². The number of aryl methyl sites for hydroxylation is 1. The molecule has 6 heteroatoms. The highest BCUT2D eigenvalue weighted by Gasteiger charge is 2.08. The number of nitrogens with zero attached hydrogens (tertiary/aromatic N) is 3. The second kappa shape index (κ2) is 6.58. The summed E-state index contributed by atoms with van der Waals surface area (Å²) in [4.78, 5) is 22.2. The van der Waals surface area contributed by atoms with Crippen molar-refractivity contribution in [2.75, 3.05) is 14.2 Å². The molecule has 0 fully saturated rings. The quantitative estimate of drug-likeness (QED) is 0.791. The summed E-state index contributed by atoms with van der Waals surface area (Å²) >= 11 is 1.66. The third-order valence-corrected chi connectivity index (χ3v) is 3.60. The number of methoxy groups -OCH3 is 1. The molecule has 0 aliphatic heterocycles. The van der Waals surface area contributed by atoms with Crippen LogP contribution in [0.1, 0.15) is 26.8 Å². The van der Waals surface area contributed by atoms with Gasteiger partial charge in [0.1, 0.15) is 0 Å². The highest BCUT2D eigenvalue weighted by Crippen LogP contribution is 2.11. The molecule has 0 aliphatic rings. The van der Waals surface area contributed by atoms with E-state index in [4.69, 9.17) is 0 Å². The molecule has 2 aromatic heterocycles. The lowest BCUT2D eigenvalue weighted by atomic mass is 10.2. The summed E-state index contributed by atoms with van der Waals surface area (Å²) in [5, 5.41) is 3.15. The van der Waals surface area contributed by atoms with Crippen LogP contribution >= 0.6 is 11.3 Å². The molecule has 5 nitrogen and oxygen atoms in total. The van der Waals surface area contributed by atoms with E-state index in [2.05, 4.69) is 25.0 Å². The molecule has 0 atom stereocenters. The van der Waals surface area contributed by atoms with Crippen molar-refractivity contribution in [3.63, 3.8) is 0 Å². The summed E-state index contributed by atoms with van der Waals surface area (Å²) in [6.07, 6.45) is 1.54. The van der Waals surface area contributed by atoms with Gasteiger partial charge in [0, 0.05) is 24.7 Å². The van der Waals surface area contributed by atoms with E-state index in [0.717, 1.165) is 22.9 Å². The van der Waals surface area contributed by atoms with E-state index in [-0.39, 0.29) is 5.97 Å². The molecule has 0 unspecified atom stereocenters. The molecule has 0 amide bonds. The van der Waals surface area contributed by atoms with Gasteiger partial charge in [-0.15, -0.1) is 11.3 Å². The molecule has 0 N–H and O–H groups in total. The lowest BCUT2D eigenvalue weighted by Crippen LogP contribution is -2.18. The minimum Gasteiger partial charge on any atom is -0.465 e. The molecule has 0 aliphatic carbocycles. The summed E-state index contributed by atoms with van der Waals surface area (Å²) in [5.74, 6) is -0.365. The standard InChI is InChI=1S/C14H17N3O2S/c1-10-16-13(9-20-10)8-17(2)7-12-5-4-11(6-15-12)14(18)19-3/h4-6,9H,7-8H2,1-3H3. The largest absolute Gasteiger partial charge is 0.465 e. The molecule has 0 aromatic carbocycles. The second-order valence-corrected chi connectivity index (χ2v) is 5.62. The Morgan fingerprint density at radius 1 is 1.35 bits per heavy atom. The number of aromatic nitrogens is 2. The summed E-state index contributed by atoms with van der Waals surface area (Å²) in [6.45, 7) is 3.49. The van der Waals surface area contributed by atoms with Gasteiger partial charge < -0.3 is 4.74 Å². The molecule has 20 heavy (non-hydrogen) atoms. The van der Waals surface area contributed by atoms with Gasteiger partial charge in [0.25, 0.3) is 0 Å². The van der Waals surface area contributed by atoms with E-state index in [9.17, 15) is 4.79 Å². The first kappa shape index (κ1) is 14.6. The van der Waals surface area contributed by atoms with Gasteiger partial charge in [-0.25, -0.2) is 9.78 Å². The van der Waals surface area contributed by atoms with Crippen LogP contribution in [0.3, 0.4) is 0 Å². The zero-order valence-corrected chi connectivity index (χ0v) is 12.6. The van der Waals surface area contributed by atoms with Crippen LogP contribution in [-0.2, 0) is 17.8 Å². The molecule has 2 heterocycles. The molecule has 2 aromatic rings. The molecule has 0 saturated carbocycles. The van der Waals surface area contributed by atoms with Crippen molar-refractivity contribution >= 4 is 17.3 Å². The second-order valence-electron chi connectivity index (χ2n) is 4.56. The Labute approximate surface area is 122 Å². The van der Waals surface area contributed by atoms with Crippen LogP contribution < -0.4 is 0 Å². The SMILES string of the molecule is COC(=O)c1ccc(CN(C)Cc2csc(C)n2)nc1. The van der Waals surface area contributed by atoms with Crippen molar-refractivity contribution in [3.8, 4) is 0 Å². The third kappa shape index (κ3) is 3.85.